The van der Waals surface area contributed by atoms with Crippen molar-refractivity contribution in [2.24, 2.45) is 0 Å². The summed E-state index contributed by atoms with van der Waals surface area (Å²) in [7, 11) is 0. The zero-order valence-electron chi connectivity index (χ0n) is 9.53. The van der Waals surface area contributed by atoms with E-state index in [-0.39, 0.29) is 0 Å². The van der Waals surface area contributed by atoms with E-state index in [1.807, 2.05) is 24.3 Å². The Balaban J connectivity index is 2.13. The SMILES string of the molecule is CCCNc1ccc(-c2nnc(C)o2)cc1. The molecule has 16 heavy (non-hydrogen) atoms. The Morgan fingerprint density at radius 2 is 1.94 bits per heavy atom. The molecule has 0 spiro atoms. The lowest BCUT2D eigenvalue weighted by Crippen LogP contribution is -1.98. The molecule has 0 saturated carbocycles. The van der Waals surface area contributed by atoms with Gasteiger partial charge in [-0.2, -0.15) is 0 Å². The van der Waals surface area contributed by atoms with Gasteiger partial charge in [-0.1, -0.05) is 6.92 Å². The third-order valence-electron chi connectivity index (χ3n) is 2.24. The first-order chi connectivity index (χ1) is 7.79. The molecule has 1 aromatic heterocycles. The summed E-state index contributed by atoms with van der Waals surface area (Å²) < 4.78 is 5.35. The standard InChI is InChI=1S/C12H15N3O/c1-3-8-13-11-6-4-10(5-7-11)12-15-14-9(2)16-12/h4-7,13H,3,8H2,1-2H3. The molecule has 0 unspecified atom stereocenters. The van der Waals surface area contributed by atoms with Crippen LogP contribution in [0.3, 0.4) is 0 Å². The van der Waals surface area contributed by atoms with Crippen LogP contribution in [0.25, 0.3) is 11.5 Å². The topological polar surface area (TPSA) is 51.0 Å². The molecular formula is C12H15N3O. The summed E-state index contributed by atoms with van der Waals surface area (Å²) in [5, 5.41) is 11.1. The second-order valence-electron chi connectivity index (χ2n) is 3.63. The fraction of sp³-hybridized carbons (Fsp3) is 0.333. The van der Waals surface area contributed by atoms with E-state index in [1.54, 1.807) is 6.92 Å². The highest BCUT2D eigenvalue weighted by Gasteiger charge is 2.04. The smallest absolute Gasteiger partial charge is 0.247 e. The molecule has 0 aliphatic rings. The van der Waals surface area contributed by atoms with Crippen molar-refractivity contribution in [1.29, 1.82) is 0 Å². The minimum absolute atomic E-state index is 0.569. The maximum atomic E-state index is 5.35. The summed E-state index contributed by atoms with van der Waals surface area (Å²) in [4.78, 5) is 0. The quantitative estimate of drug-likeness (QED) is 0.855. The number of anilines is 1. The van der Waals surface area contributed by atoms with Crippen LogP contribution in [0.2, 0.25) is 0 Å². The summed E-state index contributed by atoms with van der Waals surface area (Å²) >= 11 is 0. The molecule has 0 radical (unpaired) electrons. The number of aromatic nitrogens is 2. The van der Waals surface area contributed by atoms with Crippen molar-refractivity contribution in [3.05, 3.63) is 30.2 Å². The van der Waals surface area contributed by atoms with Gasteiger partial charge in [-0.15, -0.1) is 10.2 Å². The molecule has 0 amide bonds. The van der Waals surface area contributed by atoms with Crippen LogP contribution in [0.4, 0.5) is 5.69 Å². The predicted octanol–water partition coefficient (Wildman–Crippen LogP) is 2.87. The maximum absolute atomic E-state index is 5.35. The monoisotopic (exact) mass is 217 g/mol. The van der Waals surface area contributed by atoms with Gasteiger partial charge in [0.15, 0.2) is 0 Å². The number of aryl methyl sites for hydroxylation is 1. The highest BCUT2D eigenvalue weighted by Crippen LogP contribution is 2.19. The van der Waals surface area contributed by atoms with Gasteiger partial charge in [-0.25, -0.2) is 0 Å². The number of nitrogens with zero attached hydrogens (tertiary/aromatic N) is 2. The van der Waals surface area contributed by atoms with Crippen LogP contribution in [0.15, 0.2) is 28.7 Å². The lowest BCUT2D eigenvalue weighted by atomic mass is 10.2. The Labute approximate surface area is 94.7 Å². The van der Waals surface area contributed by atoms with Crippen LogP contribution >= 0.6 is 0 Å². The largest absolute Gasteiger partial charge is 0.421 e. The van der Waals surface area contributed by atoms with Crippen molar-refractivity contribution < 1.29 is 4.42 Å². The van der Waals surface area contributed by atoms with E-state index in [0.29, 0.717) is 11.8 Å². The van der Waals surface area contributed by atoms with E-state index < -0.39 is 0 Å². The molecule has 0 saturated heterocycles. The molecule has 4 nitrogen and oxygen atoms in total. The first-order valence-electron chi connectivity index (χ1n) is 5.44. The van der Waals surface area contributed by atoms with Gasteiger partial charge in [0.25, 0.3) is 0 Å². The lowest BCUT2D eigenvalue weighted by Gasteiger charge is -2.04. The van der Waals surface area contributed by atoms with Crippen LogP contribution in [0.1, 0.15) is 19.2 Å². The first kappa shape index (κ1) is 10.7. The molecule has 0 fully saturated rings. The molecule has 1 aromatic carbocycles. The third kappa shape index (κ3) is 2.39. The molecule has 0 bridgehead atoms. The van der Waals surface area contributed by atoms with E-state index in [1.165, 1.54) is 0 Å². The van der Waals surface area contributed by atoms with Crippen LogP contribution < -0.4 is 5.32 Å². The number of hydrogen-bond donors (Lipinski definition) is 1. The van der Waals surface area contributed by atoms with E-state index in [4.69, 9.17) is 4.42 Å². The summed E-state index contributed by atoms with van der Waals surface area (Å²) in [5.41, 5.74) is 2.06. The van der Waals surface area contributed by atoms with Crippen LogP contribution in [-0.4, -0.2) is 16.7 Å². The Bertz CT molecular complexity index is 448. The molecule has 1 N–H and O–H groups in total. The average molecular weight is 217 g/mol. The fourth-order valence-corrected chi connectivity index (χ4v) is 1.41. The van der Waals surface area contributed by atoms with Crippen LogP contribution in [0, 0.1) is 6.92 Å². The van der Waals surface area contributed by atoms with Gasteiger partial charge < -0.3 is 9.73 Å². The van der Waals surface area contributed by atoms with Gasteiger partial charge in [0.2, 0.25) is 11.8 Å². The van der Waals surface area contributed by atoms with Gasteiger partial charge in [-0.3, -0.25) is 0 Å². The predicted molar refractivity (Wildman–Crippen MR) is 63.3 cm³/mol. The molecule has 0 atom stereocenters. The zero-order valence-corrected chi connectivity index (χ0v) is 9.53. The van der Waals surface area contributed by atoms with Crippen molar-refractivity contribution in [3.63, 3.8) is 0 Å². The normalized spacial score (nSPS) is 10.4. The molecule has 84 valence electrons. The fourth-order valence-electron chi connectivity index (χ4n) is 1.41. The molecular weight excluding hydrogens is 202 g/mol. The summed E-state index contributed by atoms with van der Waals surface area (Å²) in [6.45, 7) is 4.91. The second kappa shape index (κ2) is 4.79. The zero-order chi connectivity index (χ0) is 11.4. The van der Waals surface area contributed by atoms with Gasteiger partial charge in [0.05, 0.1) is 0 Å². The molecule has 2 aromatic rings. The lowest BCUT2D eigenvalue weighted by molar-refractivity contribution is 0.533. The van der Waals surface area contributed by atoms with E-state index in [0.717, 1.165) is 24.2 Å². The Morgan fingerprint density at radius 1 is 1.19 bits per heavy atom. The number of hydrogen-bond acceptors (Lipinski definition) is 4. The van der Waals surface area contributed by atoms with Crippen molar-refractivity contribution in [2.45, 2.75) is 20.3 Å². The van der Waals surface area contributed by atoms with Gasteiger partial charge in [0, 0.05) is 24.7 Å². The van der Waals surface area contributed by atoms with Crippen molar-refractivity contribution >= 4 is 5.69 Å². The molecule has 1 heterocycles. The highest BCUT2D eigenvalue weighted by atomic mass is 16.4. The molecule has 0 aliphatic carbocycles. The summed E-state index contributed by atoms with van der Waals surface area (Å²) in [6, 6.07) is 7.99. The second-order valence-corrected chi connectivity index (χ2v) is 3.63. The van der Waals surface area contributed by atoms with Gasteiger partial charge >= 0.3 is 0 Å². The van der Waals surface area contributed by atoms with Crippen LogP contribution in [0.5, 0.6) is 0 Å². The third-order valence-corrected chi connectivity index (χ3v) is 2.24. The summed E-state index contributed by atoms with van der Waals surface area (Å²) in [5.74, 6) is 1.16. The van der Waals surface area contributed by atoms with Gasteiger partial charge in [-0.05, 0) is 30.7 Å². The number of nitrogens with one attached hydrogen (secondary N) is 1. The first-order valence-corrected chi connectivity index (χ1v) is 5.44. The van der Waals surface area contributed by atoms with E-state index >= 15 is 0 Å². The highest BCUT2D eigenvalue weighted by molar-refractivity contribution is 5.58. The van der Waals surface area contributed by atoms with E-state index in [9.17, 15) is 0 Å². The Hall–Kier alpha value is -1.84. The van der Waals surface area contributed by atoms with Crippen molar-refractivity contribution in [2.75, 3.05) is 11.9 Å². The van der Waals surface area contributed by atoms with Crippen LogP contribution in [-0.2, 0) is 0 Å². The van der Waals surface area contributed by atoms with E-state index in [2.05, 4.69) is 22.4 Å². The summed E-state index contributed by atoms with van der Waals surface area (Å²) in [6.07, 6.45) is 1.12. The molecule has 4 heteroatoms. The van der Waals surface area contributed by atoms with Crippen molar-refractivity contribution in [1.82, 2.24) is 10.2 Å². The molecule has 2 rings (SSSR count). The number of rotatable bonds is 4. The Morgan fingerprint density at radius 3 is 2.50 bits per heavy atom. The van der Waals surface area contributed by atoms with Crippen molar-refractivity contribution in [3.8, 4) is 11.5 Å². The molecule has 0 aliphatic heterocycles. The average Bonchev–Trinajstić information content (AvgIpc) is 2.74. The Kier molecular flexibility index (Phi) is 3.19. The maximum Gasteiger partial charge on any atom is 0.247 e. The number of benzene rings is 1. The minimum atomic E-state index is 0.569. The minimum Gasteiger partial charge on any atom is -0.421 e. The van der Waals surface area contributed by atoms with Gasteiger partial charge in [0.1, 0.15) is 0 Å².